The molecule has 3 amide bonds. The van der Waals surface area contributed by atoms with Crippen molar-refractivity contribution in [3.8, 4) is 0 Å². The SMILES string of the molecule is CSCCNC(=NCC(=O)N(C)C)NCCN1C(=O)C2C3C=CC(C3)C2C1=O.I. The molecule has 3 aliphatic rings. The Balaban J connectivity index is 0.00000300. The van der Waals surface area contributed by atoms with E-state index in [4.69, 9.17) is 0 Å². The van der Waals surface area contributed by atoms with Gasteiger partial charge in [-0.05, 0) is 24.5 Å². The van der Waals surface area contributed by atoms with Crippen LogP contribution in [0.15, 0.2) is 17.1 Å². The first kappa shape index (κ1) is 24.0. The number of hydrogen-bond acceptors (Lipinski definition) is 5. The van der Waals surface area contributed by atoms with E-state index >= 15 is 0 Å². The predicted molar refractivity (Wildman–Crippen MR) is 125 cm³/mol. The van der Waals surface area contributed by atoms with Crippen molar-refractivity contribution in [2.75, 3.05) is 52.3 Å². The van der Waals surface area contributed by atoms with Gasteiger partial charge in [0, 0.05) is 39.5 Å². The molecule has 1 aliphatic heterocycles. The Morgan fingerprint density at radius 2 is 1.76 bits per heavy atom. The number of aliphatic imine (C=N–C) groups is 1. The van der Waals surface area contributed by atoms with Crippen molar-refractivity contribution in [2.45, 2.75) is 6.42 Å². The lowest BCUT2D eigenvalue weighted by Crippen LogP contribution is -2.44. The van der Waals surface area contributed by atoms with Gasteiger partial charge in [0.25, 0.3) is 0 Å². The van der Waals surface area contributed by atoms with Crippen LogP contribution in [0, 0.1) is 23.7 Å². The van der Waals surface area contributed by atoms with E-state index in [1.54, 1.807) is 25.9 Å². The Morgan fingerprint density at radius 3 is 2.31 bits per heavy atom. The van der Waals surface area contributed by atoms with E-state index in [2.05, 4.69) is 27.8 Å². The third-order valence-electron chi connectivity index (χ3n) is 5.66. The van der Waals surface area contributed by atoms with Gasteiger partial charge in [-0.25, -0.2) is 4.99 Å². The van der Waals surface area contributed by atoms with Gasteiger partial charge >= 0.3 is 0 Å². The van der Waals surface area contributed by atoms with Gasteiger partial charge in [0.2, 0.25) is 17.7 Å². The fraction of sp³-hybridized carbons (Fsp3) is 0.684. The summed E-state index contributed by atoms with van der Waals surface area (Å²) in [5.74, 6) is 1.40. The molecule has 2 N–H and O–H groups in total. The lowest BCUT2D eigenvalue weighted by molar-refractivity contribution is -0.140. The van der Waals surface area contributed by atoms with Crippen molar-refractivity contribution in [1.29, 1.82) is 0 Å². The van der Waals surface area contributed by atoms with Crippen LogP contribution in [0.2, 0.25) is 0 Å². The maximum Gasteiger partial charge on any atom is 0.243 e. The molecule has 3 rings (SSSR count). The minimum absolute atomic E-state index is 0. The first-order valence-electron chi connectivity index (χ1n) is 9.69. The van der Waals surface area contributed by atoms with E-state index in [1.807, 2.05) is 6.26 Å². The highest BCUT2D eigenvalue weighted by atomic mass is 127. The number of thioether (sulfide) groups is 1. The van der Waals surface area contributed by atoms with Gasteiger partial charge in [0.1, 0.15) is 6.54 Å². The summed E-state index contributed by atoms with van der Waals surface area (Å²) in [7, 11) is 3.38. The zero-order valence-electron chi connectivity index (χ0n) is 17.1. The molecular formula is C19H30IN5O3S. The van der Waals surface area contributed by atoms with Gasteiger partial charge in [-0.2, -0.15) is 11.8 Å². The minimum Gasteiger partial charge on any atom is -0.356 e. The van der Waals surface area contributed by atoms with Gasteiger partial charge in [-0.15, -0.1) is 24.0 Å². The molecule has 0 aromatic carbocycles. The average molecular weight is 535 g/mol. The molecule has 0 radical (unpaired) electrons. The second-order valence-corrected chi connectivity index (χ2v) is 8.61. The molecule has 2 fully saturated rings. The molecule has 2 aliphatic carbocycles. The number of carbonyl (C=O) groups excluding carboxylic acids is 3. The molecule has 4 atom stereocenters. The number of rotatable bonds is 8. The van der Waals surface area contributed by atoms with Crippen LogP contribution in [0.3, 0.4) is 0 Å². The number of hydrogen-bond donors (Lipinski definition) is 2. The third kappa shape index (κ3) is 5.25. The maximum absolute atomic E-state index is 12.7. The number of guanidine groups is 1. The molecular weight excluding hydrogens is 505 g/mol. The average Bonchev–Trinajstić information content (AvgIpc) is 3.34. The van der Waals surface area contributed by atoms with E-state index in [-0.39, 0.29) is 71.9 Å². The number of nitrogens with one attached hydrogen (secondary N) is 2. The maximum atomic E-state index is 12.7. The van der Waals surface area contributed by atoms with Crippen molar-refractivity contribution in [2.24, 2.45) is 28.7 Å². The number of allylic oxidation sites excluding steroid dienone is 2. The van der Waals surface area contributed by atoms with Crippen LogP contribution in [0.4, 0.5) is 0 Å². The summed E-state index contributed by atoms with van der Waals surface area (Å²) in [6.07, 6.45) is 7.15. The van der Waals surface area contributed by atoms with E-state index in [0.29, 0.717) is 25.6 Å². The Bertz CT molecular complexity index is 669. The fourth-order valence-corrected chi connectivity index (χ4v) is 4.51. The normalized spacial score (nSPS) is 27.1. The lowest BCUT2D eigenvalue weighted by atomic mass is 9.85. The van der Waals surface area contributed by atoms with Crippen molar-refractivity contribution < 1.29 is 14.4 Å². The van der Waals surface area contributed by atoms with Crippen molar-refractivity contribution in [1.82, 2.24) is 20.4 Å². The van der Waals surface area contributed by atoms with Crippen LogP contribution >= 0.6 is 35.7 Å². The minimum atomic E-state index is -0.159. The summed E-state index contributed by atoms with van der Waals surface area (Å²) in [6.45, 7) is 1.47. The van der Waals surface area contributed by atoms with Crippen molar-refractivity contribution in [3.05, 3.63) is 12.2 Å². The summed E-state index contributed by atoms with van der Waals surface area (Å²) < 4.78 is 0. The number of amides is 3. The molecule has 29 heavy (non-hydrogen) atoms. The number of likely N-dealkylation sites (N-methyl/N-ethyl adjacent to an activating group) is 1. The molecule has 0 spiro atoms. The summed E-state index contributed by atoms with van der Waals surface area (Å²) >= 11 is 1.71. The fourth-order valence-electron chi connectivity index (χ4n) is 4.20. The largest absolute Gasteiger partial charge is 0.356 e. The van der Waals surface area contributed by atoms with Gasteiger partial charge < -0.3 is 15.5 Å². The van der Waals surface area contributed by atoms with E-state index < -0.39 is 0 Å². The predicted octanol–water partition coefficient (Wildman–Crippen LogP) is 0.398. The molecule has 1 heterocycles. The first-order chi connectivity index (χ1) is 13.4. The molecule has 0 aromatic heterocycles. The zero-order valence-corrected chi connectivity index (χ0v) is 20.2. The molecule has 2 bridgehead atoms. The van der Waals surface area contributed by atoms with Gasteiger partial charge in [-0.1, -0.05) is 12.2 Å². The molecule has 1 saturated heterocycles. The van der Waals surface area contributed by atoms with E-state index in [1.165, 1.54) is 9.80 Å². The molecule has 0 aromatic rings. The summed E-state index contributed by atoms with van der Waals surface area (Å²) in [4.78, 5) is 44.4. The smallest absolute Gasteiger partial charge is 0.243 e. The molecule has 10 heteroatoms. The zero-order chi connectivity index (χ0) is 20.3. The lowest BCUT2D eigenvalue weighted by Gasteiger charge is -2.19. The highest BCUT2D eigenvalue weighted by molar-refractivity contribution is 14.0. The molecule has 1 saturated carbocycles. The van der Waals surface area contributed by atoms with Crippen LogP contribution in [0.5, 0.6) is 0 Å². The van der Waals surface area contributed by atoms with Crippen molar-refractivity contribution >= 4 is 59.4 Å². The monoisotopic (exact) mass is 535 g/mol. The third-order valence-corrected chi connectivity index (χ3v) is 6.27. The molecule has 8 nitrogen and oxygen atoms in total. The number of fused-ring (bicyclic) bond motifs is 5. The Kier molecular flexibility index (Phi) is 8.80. The van der Waals surface area contributed by atoms with E-state index in [9.17, 15) is 14.4 Å². The topological polar surface area (TPSA) is 94.1 Å². The summed E-state index contributed by atoms with van der Waals surface area (Å²) in [5.41, 5.74) is 0. The Labute approximate surface area is 193 Å². The van der Waals surface area contributed by atoms with Crippen LogP contribution in [-0.2, 0) is 14.4 Å². The Morgan fingerprint density at radius 1 is 1.17 bits per heavy atom. The van der Waals surface area contributed by atoms with Crippen LogP contribution in [0.25, 0.3) is 0 Å². The molecule has 4 unspecified atom stereocenters. The van der Waals surface area contributed by atoms with Crippen LogP contribution in [-0.4, -0.2) is 85.8 Å². The van der Waals surface area contributed by atoms with E-state index in [0.717, 1.165) is 12.2 Å². The summed E-state index contributed by atoms with van der Waals surface area (Å²) in [6, 6.07) is 0. The number of likely N-dealkylation sites (tertiary alicyclic amines) is 1. The number of halogens is 1. The van der Waals surface area contributed by atoms with Gasteiger partial charge in [0.15, 0.2) is 5.96 Å². The number of nitrogens with zero attached hydrogens (tertiary/aromatic N) is 3. The van der Waals surface area contributed by atoms with Crippen LogP contribution < -0.4 is 10.6 Å². The van der Waals surface area contributed by atoms with Gasteiger partial charge in [-0.3, -0.25) is 19.3 Å². The van der Waals surface area contributed by atoms with Gasteiger partial charge in [0.05, 0.1) is 11.8 Å². The number of carbonyl (C=O) groups is 3. The highest BCUT2D eigenvalue weighted by Gasteiger charge is 2.58. The van der Waals surface area contributed by atoms with Crippen molar-refractivity contribution in [3.63, 3.8) is 0 Å². The Hall–Kier alpha value is -1.30. The second-order valence-electron chi connectivity index (χ2n) is 7.63. The summed E-state index contributed by atoms with van der Waals surface area (Å²) in [5, 5.41) is 6.32. The number of imide groups is 1. The standard InChI is InChI=1S/C19H29N5O3S.HI/c1-23(2)14(25)11-22-19(21-7-9-28-3)20-6-8-24-17(26)15-12-4-5-13(10-12)16(15)18(24)27;/h4-5,12-13,15-16H,6-11H2,1-3H3,(H2,20,21,22);1H. The van der Waals surface area contributed by atoms with Crippen LogP contribution in [0.1, 0.15) is 6.42 Å². The quantitative estimate of drug-likeness (QED) is 0.117. The highest BCUT2D eigenvalue weighted by Crippen LogP contribution is 2.52. The second kappa shape index (κ2) is 10.6. The first-order valence-corrected chi connectivity index (χ1v) is 11.1. The molecule has 162 valence electrons.